The molecule has 3 aromatic rings. The Bertz CT molecular complexity index is 1390. The fourth-order valence-corrected chi connectivity index (χ4v) is 7.38. The number of carbonyl (C=O) groups excluding carboxylic acids is 1. The van der Waals surface area contributed by atoms with Crippen LogP contribution in [0.25, 0.3) is 10.2 Å². The van der Waals surface area contributed by atoms with Crippen molar-refractivity contribution >= 4 is 54.2 Å². The van der Waals surface area contributed by atoms with Crippen molar-refractivity contribution in [2.24, 2.45) is 5.92 Å². The summed E-state index contributed by atoms with van der Waals surface area (Å²) < 4.78 is 60.7. The zero-order valence-corrected chi connectivity index (χ0v) is 21.6. The number of rotatable bonds is 6. The Morgan fingerprint density at radius 3 is 2.61 bits per heavy atom. The highest BCUT2D eigenvalue weighted by Crippen LogP contribution is 2.35. The van der Waals surface area contributed by atoms with Crippen LogP contribution in [-0.2, 0) is 19.6 Å². The highest BCUT2D eigenvalue weighted by Gasteiger charge is 2.36. The van der Waals surface area contributed by atoms with Crippen LogP contribution >= 0.6 is 22.9 Å². The van der Waals surface area contributed by atoms with Gasteiger partial charge in [-0.05, 0) is 56.0 Å². The molecule has 2 aliphatic rings. The third kappa shape index (κ3) is 4.99. The highest BCUT2D eigenvalue weighted by molar-refractivity contribution is 7.89. The van der Waals surface area contributed by atoms with Gasteiger partial charge < -0.3 is 4.74 Å². The molecule has 12 heteroatoms. The molecular formula is C24H24ClF2N3O4S2. The van der Waals surface area contributed by atoms with E-state index in [-0.39, 0.29) is 30.0 Å². The van der Waals surface area contributed by atoms with Crippen LogP contribution in [0.2, 0.25) is 5.02 Å². The number of amides is 1. The number of anilines is 1. The molecule has 0 aliphatic carbocycles. The van der Waals surface area contributed by atoms with E-state index in [9.17, 15) is 22.0 Å². The maximum atomic E-state index is 13.7. The standard InChI is InChI=1S/C24H24ClF2N3O4S2/c25-18-4-1-5-21-22(18)28-24(35-21)30(14-16-3-2-12-34-16)23(31)15-8-10-29(11-9-15)36(32,33)17-6-7-19(26)20(27)13-17/h1,4-7,13,15-16H,2-3,8-12,14H2. The second kappa shape index (κ2) is 10.3. The number of halogens is 3. The van der Waals surface area contributed by atoms with E-state index in [0.29, 0.717) is 47.7 Å². The third-order valence-corrected chi connectivity index (χ3v) is 9.84. The molecule has 3 heterocycles. The number of para-hydroxylation sites is 1. The minimum Gasteiger partial charge on any atom is -0.376 e. The maximum Gasteiger partial charge on any atom is 0.243 e. The topological polar surface area (TPSA) is 79.8 Å². The zero-order chi connectivity index (χ0) is 25.4. The predicted octanol–water partition coefficient (Wildman–Crippen LogP) is 4.84. The van der Waals surface area contributed by atoms with Crippen LogP contribution in [0.15, 0.2) is 41.3 Å². The quantitative estimate of drug-likeness (QED) is 0.435. The van der Waals surface area contributed by atoms with E-state index >= 15 is 0 Å². The summed E-state index contributed by atoms with van der Waals surface area (Å²) >= 11 is 7.69. The summed E-state index contributed by atoms with van der Waals surface area (Å²) in [5.41, 5.74) is 0.636. The van der Waals surface area contributed by atoms with Crippen LogP contribution in [0.5, 0.6) is 0 Å². The normalized spacial score (nSPS) is 19.7. The van der Waals surface area contributed by atoms with Gasteiger partial charge in [0.2, 0.25) is 15.9 Å². The number of benzene rings is 2. The monoisotopic (exact) mass is 555 g/mol. The number of hydrogen-bond acceptors (Lipinski definition) is 6. The van der Waals surface area contributed by atoms with Gasteiger partial charge in [-0.3, -0.25) is 9.69 Å². The Labute approximate surface area is 216 Å². The van der Waals surface area contributed by atoms with E-state index in [1.807, 2.05) is 12.1 Å². The van der Waals surface area contributed by atoms with E-state index < -0.39 is 27.6 Å². The molecule has 1 amide bonds. The number of ether oxygens (including phenoxy) is 1. The van der Waals surface area contributed by atoms with Crippen LogP contribution in [0.3, 0.4) is 0 Å². The lowest BCUT2D eigenvalue weighted by atomic mass is 9.96. The maximum absolute atomic E-state index is 13.7. The van der Waals surface area contributed by atoms with Crippen molar-refractivity contribution in [1.82, 2.24) is 9.29 Å². The van der Waals surface area contributed by atoms with Crippen molar-refractivity contribution in [2.45, 2.75) is 36.7 Å². The van der Waals surface area contributed by atoms with Crippen molar-refractivity contribution in [3.05, 3.63) is 53.1 Å². The third-order valence-electron chi connectivity index (χ3n) is 6.60. The van der Waals surface area contributed by atoms with E-state index in [1.165, 1.54) is 15.6 Å². The number of piperidine rings is 1. The summed E-state index contributed by atoms with van der Waals surface area (Å²) in [7, 11) is -4.01. The van der Waals surface area contributed by atoms with Gasteiger partial charge in [-0.25, -0.2) is 22.2 Å². The average Bonchev–Trinajstić information content (AvgIpc) is 3.54. The number of fused-ring (bicyclic) bond motifs is 1. The molecule has 1 aromatic heterocycles. The molecule has 1 unspecified atom stereocenters. The SMILES string of the molecule is O=C(C1CCN(S(=O)(=O)c2ccc(F)c(F)c2)CC1)N(CC1CCCO1)c1nc2c(Cl)cccc2s1. The molecule has 0 saturated carbocycles. The molecular weight excluding hydrogens is 532 g/mol. The zero-order valence-electron chi connectivity index (χ0n) is 19.2. The summed E-state index contributed by atoms with van der Waals surface area (Å²) in [4.78, 5) is 19.7. The van der Waals surface area contributed by atoms with E-state index in [2.05, 4.69) is 4.98 Å². The first-order valence-corrected chi connectivity index (χ1v) is 14.3. The molecule has 0 bridgehead atoms. The molecule has 2 fully saturated rings. The largest absolute Gasteiger partial charge is 0.376 e. The van der Waals surface area contributed by atoms with Crippen LogP contribution in [0, 0.1) is 17.6 Å². The molecule has 0 spiro atoms. The second-order valence-electron chi connectivity index (χ2n) is 8.92. The Balaban J connectivity index is 1.34. The van der Waals surface area contributed by atoms with Gasteiger partial charge in [0.25, 0.3) is 0 Å². The van der Waals surface area contributed by atoms with Gasteiger partial charge >= 0.3 is 0 Å². The Hall–Kier alpha value is -2.18. The molecule has 0 N–H and O–H groups in total. The van der Waals surface area contributed by atoms with Crippen molar-refractivity contribution < 1.29 is 26.7 Å². The average molecular weight is 556 g/mol. The first kappa shape index (κ1) is 25.5. The number of hydrogen-bond donors (Lipinski definition) is 0. The van der Waals surface area contributed by atoms with Crippen molar-refractivity contribution in [3.8, 4) is 0 Å². The molecule has 0 radical (unpaired) electrons. The summed E-state index contributed by atoms with van der Waals surface area (Å²) in [5, 5.41) is 1.05. The van der Waals surface area contributed by atoms with Gasteiger partial charge in [0, 0.05) is 25.6 Å². The van der Waals surface area contributed by atoms with Gasteiger partial charge in [-0.2, -0.15) is 4.31 Å². The summed E-state index contributed by atoms with van der Waals surface area (Å²) in [5.74, 6) is -2.88. The van der Waals surface area contributed by atoms with Gasteiger partial charge in [0.05, 0.1) is 27.3 Å². The Kier molecular flexibility index (Phi) is 7.28. The van der Waals surface area contributed by atoms with Crippen LogP contribution in [0.1, 0.15) is 25.7 Å². The van der Waals surface area contributed by atoms with Gasteiger partial charge in [0.15, 0.2) is 16.8 Å². The van der Waals surface area contributed by atoms with Crippen LogP contribution in [-0.4, -0.2) is 56.0 Å². The molecule has 7 nitrogen and oxygen atoms in total. The first-order valence-electron chi connectivity index (χ1n) is 11.7. The fraction of sp³-hybridized carbons (Fsp3) is 0.417. The summed E-state index contributed by atoms with van der Waals surface area (Å²) in [6, 6.07) is 8.02. The molecule has 36 heavy (non-hydrogen) atoms. The van der Waals surface area contributed by atoms with Crippen molar-refractivity contribution in [1.29, 1.82) is 0 Å². The van der Waals surface area contributed by atoms with E-state index in [0.717, 1.165) is 29.7 Å². The minimum absolute atomic E-state index is 0.0923. The predicted molar refractivity (Wildman–Crippen MR) is 134 cm³/mol. The van der Waals surface area contributed by atoms with Crippen LogP contribution < -0.4 is 4.90 Å². The number of carbonyl (C=O) groups is 1. The van der Waals surface area contributed by atoms with Gasteiger partial charge in [-0.1, -0.05) is 29.0 Å². The highest BCUT2D eigenvalue weighted by atomic mass is 35.5. The molecule has 1 atom stereocenters. The molecule has 2 aromatic carbocycles. The lowest BCUT2D eigenvalue weighted by molar-refractivity contribution is -0.123. The van der Waals surface area contributed by atoms with Crippen LogP contribution in [0.4, 0.5) is 13.9 Å². The second-order valence-corrected chi connectivity index (χ2v) is 12.3. The number of nitrogens with zero attached hydrogens (tertiary/aromatic N) is 3. The molecule has 2 saturated heterocycles. The Morgan fingerprint density at radius 1 is 1.17 bits per heavy atom. The number of thiazole rings is 1. The first-order chi connectivity index (χ1) is 17.2. The molecule has 192 valence electrons. The smallest absolute Gasteiger partial charge is 0.243 e. The molecule has 5 rings (SSSR count). The van der Waals surface area contributed by atoms with Crippen molar-refractivity contribution in [3.63, 3.8) is 0 Å². The van der Waals surface area contributed by atoms with Crippen molar-refractivity contribution in [2.75, 3.05) is 31.1 Å². The van der Waals surface area contributed by atoms with Gasteiger partial charge in [-0.15, -0.1) is 0 Å². The molecule has 2 aliphatic heterocycles. The van der Waals surface area contributed by atoms with E-state index in [4.69, 9.17) is 16.3 Å². The summed E-state index contributed by atoms with van der Waals surface area (Å²) in [6.45, 7) is 1.20. The minimum atomic E-state index is -4.01. The lowest BCUT2D eigenvalue weighted by Gasteiger charge is -2.33. The lowest BCUT2D eigenvalue weighted by Crippen LogP contribution is -2.46. The van der Waals surface area contributed by atoms with E-state index in [1.54, 1.807) is 11.0 Å². The fourth-order valence-electron chi connectivity index (χ4n) is 4.62. The Morgan fingerprint density at radius 2 is 1.94 bits per heavy atom. The summed E-state index contributed by atoms with van der Waals surface area (Å²) in [6.07, 6.45) is 2.29. The van der Waals surface area contributed by atoms with Gasteiger partial charge in [0.1, 0.15) is 5.52 Å². The number of sulfonamides is 1. The number of aromatic nitrogens is 1.